The van der Waals surface area contributed by atoms with E-state index in [0.717, 1.165) is 48.6 Å². The van der Waals surface area contributed by atoms with Crippen molar-refractivity contribution in [2.45, 2.75) is 33.1 Å². The molecule has 0 unspecified atom stereocenters. The fourth-order valence-corrected chi connectivity index (χ4v) is 4.27. The Labute approximate surface area is 147 Å². The van der Waals surface area contributed by atoms with Crippen LogP contribution < -0.4 is 4.74 Å². The maximum absolute atomic E-state index is 13.0. The first-order chi connectivity index (χ1) is 12.1. The van der Waals surface area contributed by atoms with Crippen LogP contribution in [0.25, 0.3) is 11.3 Å². The first-order valence-corrected chi connectivity index (χ1v) is 9.02. The van der Waals surface area contributed by atoms with Crippen LogP contribution in [0.15, 0.2) is 22.7 Å². The number of aromatic nitrogens is 1. The molecule has 1 amide bonds. The summed E-state index contributed by atoms with van der Waals surface area (Å²) in [6, 6.07) is 6.00. The van der Waals surface area contributed by atoms with Crippen molar-refractivity contribution in [3.63, 3.8) is 0 Å². The molecule has 0 saturated carbocycles. The lowest BCUT2D eigenvalue weighted by molar-refractivity contribution is 0.0612. The molecular weight excluding hydrogens is 316 g/mol. The number of fused-ring (bicyclic) bond motifs is 3. The van der Waals surface area contributed by atoms with Gasteiger partial charge in [0.1, 0.15) is 5.75 Å². The molecule has 2 atom stereocenters. The number of carbonyl (C=O) groups excluding carboxylic acids is 1. The molecule has 1 aliphatic heterocycles. The van der Waals surface area contributed by atoms with Crippen LogP contribution in [0, 0.1) is 11.8 Å². The van der Waals surface area contributed by atoms with Gasteiger partial charge < -0.3 is 14.2 Å². The number of piperidine rings is 1. The summed E-state index contributed by atoms with van der Waals surface area (Å²) in [5.74, 6) is 2.58. The Kier molecular flexibility index (Phi) is 4.02. The molecule has 1 saturated heterocycles. The van der Waals surface area contributed by atoms with Crippen LogP contribution in [0.3, 0.4) is 0 Å². The third kappa shape index (κ3) is 2.81. The lowest BCUT2D eigenvalue weighted by Gasteiger charge is -2.34. The average Bonchev–Trinajstić information content (AvgIpc) is 3.04. The van der Waals surface area contributed by atoms with Gasteiger partial charge in [0.2, 0.25) is 0 Å². The van der Waals surface area contributed by atoms with Crippen molar-refractivity contribution >= 4 is 5.91 Å². The largest absolute Gasteiger partial charge is 0.497 e. The van der Waals surface area contributed by atoms with Gasteiger partial charge in [-0.2, -0.15) is 0 Å². The first kappa shape index (κ1) is 16.2. The molecule has 2 aliphatic rings. The number of rotatable bonds is 2. The molecule has 1 aromatic heterocycles. The summed E-state index contributed by atoms with van der Waals surface area (Å²) in [7, 11) is 1.65. The lowest BCUT2D eigenvalue weighted by atomic mass is 9.88. The normalized spacial score (nSPS) is 22.3. The number of nitrogens with zero attached hydrogens (tertiary/aromatic N) is 2. The van der Waals surface area contributed by atoms with Gasteiger partial charge in [-0.25, -0.2) is 0 Å². The monoisotopic (exact) mass is 340 g/mol. The topological polar surface area (TPSA) is 55.6 Å². The molecule has 1 aliphatic carbocycles. The van der Waals surface area contributed by atoms with Gasteiger partial charge in [0, 0.05) is 24.2 Å². The fourth-order valence-electron chi connectivity index (χ4n) is 4.27. The van der Waals surface area contributed by atoms with Gasteiger partial charge in [-0.05, 0) is 48.8 Å². The van der Waals surface area contributed by atoms with Crippen molar-refractivity contribution < 1.29 is 14.1 Å². The van der Waals surface area contributed by atoms with Gasteiger partial charge in [0.25, 0.3) is 5.91 Å². The molecule has 2 heterocycles. The number of ether oxygens (including phenoxy) is 1. The Balaban J connectivity index is 1.68. The Morgan fingerprint density at radius 2 is 2.00 bits per heavy atom. The minimum Gasteiger partial charge on any atom is -0.497 e. The van der Waals surface area contributed by atoms with Gasteiger partial charge >= 0.3 is 0 Å². The van der Waals surface area contributed by atoms with Crippen LogP contribution >= 0.6 is 0 Å². The van der Waals surface area contributed by atoms with Gasteiger partial charge in [-0.3, -0.25) is 4.79 Å². The molecule has 5 heteroatoms. The number of hydrogen-bond acceptors (Lipinski definition) is 4. The van der Waals surface area contributed by atoms with E-state index in [-0.39, 0.29) is 5.91 Å². The fraction of sp³-hybridized carbons (Fsp3) is 0.500. The summed E-state index contributed by atoms with van der Waals surface area (Å²) in [6.07, 6.45) is 2.85. The Morgan fingerprint density at radius 1 is 1.24 bits per heavy atom. The molecule has 0 bridgehead atoms. The van der Waals surface area contributed by atoms with E-state index in [1.165, 1.54) is 12.0 Å². The van der Waals surface area contributed by atoms with E-state index in [0.29, 0.717) is 17.5 Å². The van der Waals surface area contributed by atoms with Crippen molar-refractivity contribution in [2.75, 3.05) is 20.2 Å². The Bertz CT molecular complexity index is 801. The molecular formula is C20H24N2O3. The Hall–Kier alpha value is -2.30. The van der Waals surface area contributed by atoms with Crippen LogP contribution in [0.1, 0.15) is 41.9 Å². The smallest absolute Gasteiger partial charge is 0.276 e. The molecule has 0 N–H and O–H groups in total. The Morgan fingerprint density at radius 3 is 2.72 bits per heavy atom. The summed E-state index contributed by atoms with van der Waals surface area (Å²) in [4.78, 5) is 15.0. The lowest BCUT2D eigenvalue weighted by Crippen LogP contribution is -2.43. The van der Waals surface area contributed by atoms with E-state index in [2.05, 4.69) is 25.1 Å². The van der Waals surface area contributed by atoms with Crippen LogP contribution in [-0.2, 0) is 12.8 Å². The number of hydrogen-bond donors (Lipinski definition) is 0. The van der Waals surface area contributed by atoms with Crippen molar-refractivity contribution in [2.24, 2.45) is 11.8 Å². The second kappa shape index (κ2) is 6.21. The number of aryl methyl sites for hydroxylation is 1. The first-order valence-electron chi connectivity index (χ1n) is 9.02. The summed E-state index contributed by atoms with van der Waals surface area (Å²) in [6.45, 7) is 6.01. The zero-order valence-electron chi connectivity index (χ0n) is 15.0. The molecule has 4 rings (SSSR count). The minimum absolute atomic E-state index is 0.00902. The predicted molar refractivity (Wildman–Crippen MR) is 94.7 cm³/mol. The summed E-state index contributed by atoms with van der Waals surface area (Å²) in [5.41, 5.74) is 3.64. The van der Waals surface area contributed by atoms with Crippen LogP contribution in [-0.4, -0.2) is 36.2 Å². The van der Waals surface area contributed by atoms with Crippen LogP contribution in [0.2, 0.25) is 0 Å². The minimum atomic E-state index is 0.00902. The highest BCUT2D eigenvalue weighted by molar-refractivity contribution is 5.95. The van der Waals surface area contributed by atoms with E-state index in [1.54, 1.807) is 7.11 Å². The summed E-state index contributed by atoms with van der Waals surface area (Å²) >= 11 is 0. The number of likely N-dealkylation sites (tertiary alicyclic amines) is 1. The third-order valence-corrected chi connectivity index (χ3v) is 5.35. The molecule has 0 spiro atoms. The van der Waals surface area contributed by atoms with Gasteiger partial charge in [-0.15, -0.1) is 0 Å². The second-order valence-electron chi connectivity index (χ2n) is 7.52. The van der Waals surface area contributed by atoms with E-state index >= 15 is 0 Å². The quantitative estimate of drug-likeness (QED) is 0.839. The van der Waals surface area contributed by atoms with E-state index in [9.17, 15) is 4.79 Å². The molecule has 2 aromatic rings. The highest BCUT2D eigenvalue weighted by atomic mass is 16.5. The van der Waals surface area contributed by atoms with Crippen molar-refractivity contribution in [3.05, 3.63) is 35.0 Å². The number of carbonyl (C=O) groups is 1. The average molecular weight is 340 g/mol. The van der Waals surface area contributed by atoms with Gasteiger partial charge in [-0.1, -0.05) is 25.1 Å². The van der Waals surface area contributed by atoms with Crippen molar-refractivity contribution in [1.29, 1.82) is 0 Å². The highest BCUT2D eigenvalue weighted by Crippen LogP contribution is 2.38. The summed E-state index contributed by atoms with van der Waals surface area (Å²) < 4.78 is 11.0. The zero-order chi connectivity index (χ0) is 17.6. The molecule has 25 heavy (non-hydrogen) atoms. The predicted octanol–water partition coefficient (Wildman–Crippen LogP) is 3.57. The highest BCUT2D eigenvalue weighted by Gasteiger charge is 2.33. The number of benzene rings is 1. The third-order valence-electron chi connectivity index (χ3n) is 5.35. The van der Waals surface area contributed by atoms with Gasteiger partial charge in [0.15, 0.2) is 11.5 Å². The maximum atomic E-state index is 13.0. The molecule has 1 aromatic carbocycles. The molecule has 132 valence electrons. The summed E-state index contributed by atoms with van der Waals surface area (Å²) in [5, 5.41) is 4.17. The SMILES string of the molecule is COc1ccc2c(c1)-c1onc(C(=O)N3C[C@@H](C)C[C@H](C)C3)c1CC2. The molecule has 5 nitrogen and oxygen atoms in total. The molecule has 1 fully saturated rings. The van der Waals surface area contributed by atoms with E-state index in [4.69, 9.17) is 9.26 Å². The van der Waals surface area contributed by atoms with E-state index < -0.39 is 0 Å². The standard InChI is InChI=1S/C20H24N2O3/c1-12-8-13(2)11-22(10-12)20(23)18-16-7-5-14-4-6-15(24-3)9-17(14)19(16)25-21-18/h4,6,9,12-13H,5,7-8,10-11H2,1-3H3/t12-,13-/m0/s1. The maximum Gasteiger partial charge on any atom is 0.276 e. The van der Waals surface area contributed by atoms with E-state index in [1.807, 2.05) is 17.0 Å². The zero-order valence-corrected chi connectivity index (χ0v) is 15.0. The van der Waals surface area contributed by atoms with Crippen molar-refractivity contribution in [1.82, 2.24) is 10.1 Å². The number of methoxy groups -OCH3 is 1. The number of amides is 1. The second-order valence-corrected chi connectivity index (χ2v) is 7.52. The van der Waals surface area contributed by atoms with Crippen molar-refractivity contribution in [3.8, 4) is 17.1 Å². The van der Waals surface area contributed by atoms with Gasteiger partial charge in [0.05, 0.1) is 7.11 Å². The van der Waals surface area contributed by atoms with Crippen LogP contribution in [0.5, 0.6) is 5.75 Å². The van der Waals surface area contributed by atoms with Crippen LogP contribution in [0.4, 0.5) is 0 Å². The molecule has 0 radical (unpaired) electrons.